The molecule has 1 heterocycles. The Hall–Kier alpha value is -0.760. The fourth-order valence-corrected chi connectivity index (χ4v) is 1.73. The molecule has 0 radical (unpaired) electrons. The van der Waals surface area contributed by atoms with Crippen molar-refractivity contribution in [1.82, 2.24) is 0 Å². The molecule has 1 fully saturated rings. The number of furan rings is 1. The summed E-state index contributed by atoms with van der Waals surface area (Å²) in [5.74, 6) is 2.90. The van der Waals surface area contributed by atoms with Crippen LogP contribution in [0.2, 0.25) is 0 Å². The molecule has 2 N–H and O–H groups in total. The van der Waals surface area contributed by atoms with Gasteiger partial charge in [-0.2, -0.15) is 0 Å². The van der Waals surface area contributed by atoms with Gasteiger partial charge in [-0.25, -0.2) is 0 Å². The van der Waals surface area contributed by atoms with Crippen molar-refractivity contribution in [2.75, 3.05) is 0 Å². The Bertz CT molecular complexity index is 273. The molecule has 13 heavy (non-hydrogen) atoms. The summed E-state index contributed by atoms with van der Waals surface area (Å²) in [6.07, 6.45) is 4.80. The zero-order valence-electron chi connectivity index (χ0n) is 8.12. The molecule has 2 heteroatoms. The molecule has 1 atom stereocenters. The van der Waals surface area contributed by atoms with Crippen LogP contribution in [0.1, 0.15) is 43.6 Å². The normalized spacial score (nSPS) is 19.8. The molecule has 1 aromatic heterocycles. The van der Waals surface area contributed by atoms with E-state index in [1.54, 1.807) is 0 Å². The van der Waals surface area contributed by atoms with Crippen molar-refractivity contribution in [3.8, 4) is 0 Å². The number of rotatable bonds is 3. The van der Waals surface area contributed by atoms with Crippen LogP contribution < -0.4 is 5.73 Å². The Kier molecular flexibility index (Phi) is 2.40. The van der Waals surface area contributed by atoms with Crippen LogP contribution in [0.3, 0.4) is 0 Å². The Morgan fingerprint density at radius 2 is 2.31 bits per heavy atom. The second-order valence-corrected chi connectivity index (χ2v) is 4.11. The zero-order valence-corrected chi connectivity index (χ0v) is 8.12. The Balaban J connectivity index is 2.00. The number of hydrogen-bond donors (Lipinski definition) is 1. The monoisotopic (exact) mass is 179 g/mol. The van der Waals surface area contributed by atoms with Gasteiger partial charge in [0.2, 0.25) is 0 Å². The first-order valence-corrected chi connectivity index (χ1v) is 5.10. The lowest BCUT2D eigenvalue weighted by atomic mass is 9.84. The van der Waals surface area contributed by atoms with Gasteiger partial charge in [0.05, 0.1) is 0 Å². The first kappa shape index (κ1) is 8.82. The highest BCUT2D eigenvalue weighted by molar-refractivity contribution is 5.13. The van der Waals surface area contributed by atoms with E-state index in [1.165, 1.54) is 25.0 Å². The van der Waals surface area contributed by atoms with E-state index in [0.29, 0.717) is 5.92 Å². The number of hydrogen-bond acceptors (Lipinski definition) is 2. The summed E-state index contributed by atoms with van der Waals surface area (Å²) in [6.45, 7) is 2.01. The van der Waals surface area contributed by atoms with Crippen molar-refractivity contribution < 1.29 is 4.42 Å². The highest BCUT2D eigenvalue weighted by Gasteiger charge is 2.22. The lowest BCUT2D eigenvalue weighted by molar-refractivity contribution is 0.334. The summed E-state index contributed by atoms with van der Waals surface area (Å²) < 4.78 is 5.72. The third-order valence-electron chi connectivity index (χ3n) is 2.71. The molecule has 0 aromatic carbocycles. The highest BCUT2D eigenvalue weighted by atomic mass is 16.3. The third kappa shape index (κ3) is 1.94. The van der Waals surface area contributed by atoms with Gasteiger partial charge in [0, 0.05) is 18.4 Å². The van der Waals surface area contributed by atoms with E-state index in [-0.39, 0.29) is 6.04 Å². The molecule has 0 aliphatic heterocycles. The molecule has 1 unspecified atom stereocenters. The summed E-state index contributed by atoms with van der Waals surface area (Å²) in [5.41, 5.74) is 5.70. The van der Waals surface area contributed by atoms with Gasteiger partial charge >= 0.3 is 0 Å². The molecule has 72 valence electrons. The first-order chi connectivity index (χ1) is 6.25. The molecule has 0 saturated heterocycles. The van der Waals surface area contributed by atoms with Crippen LogP contribution >= 0.6 is 0 Å². The quantitative estimate of drug-likeness (QED) is 0.774. The highest BCUT2D eigenvalue weighted by Crippen LogP contribution is 2.37. The van der Waals surface area contributed by atoms with Crippen LogP contribution in [0.5, 0.6) is 0 Å². The summed E-state index contributed by atoms with van der Waals surface area (Å²) in [5, 5.41) is 0. The van der Waals surface area contributed by atoms with E-state index < -0.39 is 0 Å². The predicted molar refractivity (Wildman–Crippen MR) is 52.7 cm³/mol. The largest absolute Gasteiger partial charge is 0.466 e. The minimum Gasteiger partial charge on any atom is -0.466 e. The van der Waals surface area contributed by atoms with Gasteiger partial charge in [-0.1, -0.05) is 6.42 Å². The summed E-state index contributed by atoms with van der Waals surface area (Å²) in [6, 6.07) is 4.37. The molecule has 1 saturated carbocycles. The van der Waals surface area contributed by atoms with E-state index in [4.69, 9.17) is 10.2 Å². The summed E-state index contributed by atoms with van der Waals surface area (Å²) in [7, 11) is 0. The van der Waals surface area contributed by atoms with Crippen LogP contribution in [-0.4, -0.2) is 6.04 Å². The Labute approximate surface area is 79.1 Å². The molecule has 0 bridgehead atoms. The van der Waals surface area contributed by atoms with Crippen molar-refractivity contribution in [1.29, 1.82) is 0 Å². The van der Waals surface area contributed by atoms with Crippen LogP contribution in [0.25, 0.3) is 0 Å². The third-order valence-corrected chi connectivity index (χ3v) is 2.71. The van der Waals surface area contributed by atoms with Gasteiger partial charge in [-0.15, -0.1) is 0 Å². The molecule has 1 aromatic rings. The van der Waals surface area contributed by atoms with Crippen LogP contribution in [-0.2, 0) is 6.42 Å². The van der Waals surface area contributed by atoms with Crippen molar-refractivity contribution in [2.45, 2.75) is 44.6 Å². The topological polar surface area (TPSA) is 39.2 Å². The van der Waals surface area contributed by atoms with Gasteiger partial charge in [-0.05, 0) is 31.9 Å². The van der Waals surface area contributed by atoms with Gasteiger partial charge < -0.3 is 10.2 Å². The van der Waals surface area contributed by atoms with Gasteiger partial charge in [0.1, 0.15) is 11.5 Å². The molecule has 2 nitrogen and oxygen atoms in total. The van der Waals surface area contributed by atoms with Crippen molar-refractivity contribution >= 4 is 0 Å². The maximum atomic E-state index is 5.72. The van der Waals surface area contributed by atoms with Crippen molar-refractivity contribution in [2.24, 2.45) is 5.73 Å². The lowest BCUT2D eigenvalue weighted by Crippen LogP contribution is -2.17. The standard InChI is InChI=1S/C11H17NO/c1-8(12)7-10-5-6-11(13-10)9-3-2-4-9/h5-6,8-9H,2-4,7,12H2,1H3. The molecule has 1 aliphatic rings. The first-order valence-electron chi connectivity index (χ1n) is 5.10. The minimum atomic E-state index is 0.195. The van der Waals surface area contributed by atoms with Crippen molar-refractivity contribution in [3.63, 3.8) is 0 Å². The maximum Gasteiger partial charge on any atom is 0.107 e. The van der Waals surface area contributed by atoms with Gasteiger partial charge in [-0.3, -0.25) is 0 Å². The van der Waals surface area contributed by atoms with E-state index >= 15 is 0 Å². The molecule has 2 rings (SSSR count). The maximum absolute atomic E-state index is 5.72. The fraction of sp³-hybridized carbons (Fsp3) is 0.636. The van der Waals surface area contributed by atoms with Crippen molar-refractivity contribution in [3.05, 3.63) is 23.7 Å². The van der Waals surface area contributed by atoms with E-state index in [2.05, 4.69) is 12.1 Å². The minimum absolute atomic E-state index is 0.195. The van der Waals surface area contributed by atoms with E-state index in [1.807, 2.05) is 6.92 Å². The fourth-order valence-electron chi connectivity index (χ4n) is 1.73. The zero-order chi connectivity index (χ0) is 9.26. The second-order valence-electron chi connectivity index (χ2n) is 4.11. The predicted octanol–water partition coefficient (Wildman–Crippen LogP) is 2.44. The van der Waals surface area contributed by atoms with E-state index in [0.717, 1.165) is 12.2 Å². The molecule has 0 spiro atoms. The van der Waals surface area contributed by atoms with E-state index in [9.17, 15) is 0 Å². The Morgan fingerprint density at radius 1 is 1.54 bits per heavy atom. The van der Waals surface area contributed by atoms with Crippen LogP contribution in [0.4, 0.5) is 0 Å². The lowest BCUT2D eigenvalue weighted by Gasteiger charge is -2.22. The van der Waals surface area contributed by atoms with Gasteiger partial charge in [0.25, 0.3) is 0 Å². The average Bonchev–Trinajstić information content (AvgIpc) is 2.31. The molecular formula is C11H17NO. The smallest absolute Gasteiger partial charge is 0.107 e. The SMILES string of the molecule is CC(N)Cc1ccc(C2CCC2)o1. The summed E-state index contributed by atoms with van der Waals surface area (Å²) in [4.78, 5) is 0. The average molecular weight is 179 g/mol. The second kappa shape index (κ2) is 3.54. The molecule has 1 aliphatic carbocycles. The Morgan fingerprint density at radius 3 is 2.85 bits per heavy atom. The van der Waals surface area contributed by atoms with Crippen LogP contribution in [0, 0.1) is 0 Å². The molecular weight excluding hydrogens is 162 g/mol. The van der Waals surface area contributed by atoms with Gasteiger partial charge in [0.15, 0.2) is 0 Å². The summed E-state index contributed by atoms with van der Waals surface area (Å²) >= 11 is 0. The molecule has 0 amide bonds. The number of nitrogens with two attached hydrogens (primary N) is 1. The van der Waals surface area contributed by atoms with Crippen LogP contribution in [0.15, 0.2) is 16.5 Å².